The molecule has 0 radical (unpaired) electrons. The highest BCUT2D eigenvalue weighted by Crippen LogP contribution is 2.35. The fourth-order valence-corrected chi connectivity index (χ4v) is 4.42. The van der Waals surface area contributed by atoms with Gasteiger partial charge >= 0.3 is 0 Å². The molecule has 1 heterocycles. The number of rotatable bonds is 4. The summed E-state index contributed by atoms with van der Waals surface area (Å²) in [5.41, 5.74) is 8.41. The molecule has 1 aliphatic rings. The van der Waals surface area contributed by atoms with E-state index >= 15 is 0 Å². The van der Waals surface area contributed by atoms with Gasteiger partial charge in [0.15, 0.2) is 0 Å². The van der Waals surface area contributed by atoms with Crippen molar-refractivity contribution in [1.29, 1.82) is 0 Å². The first-order valence-corrected chi connectivity index (χ1v) is 9.27. The van der Waals surface area contributed by atoms with Gasteiger partial charge in [-0.3, -0.25) is 4.68 Å². The summed E-state index contributed by atoms with van der Waals surface area (Å²) in [5, 5.41) is 4.20. The summed E-state index contributed by atoms with van der Waals surface area (Å²) >= 11 is 0. The molecular weight excluding hydrogens is 274 g/mol. The Morgan fingerprint density at radius 2 is 2.20 bits per heavy atom. The van der Waals surface area contributed by atoms with Crippen LogP contribution in [0.5, 0.6) is 0 Å². The van der Waals surface area contributed by atoms with Crippen LogP contribution in [0.15, 0.2) is 6.07 Å². The van der Waals surface area contributed by atoms with Gasteiger partial charge in [0, 0.05) is 18.8 Å². The smallest absolute Gasteiger partial charge is 0.150 e. The maximum atomic E-state index is 11.8. The first-order valence-electron chi connectivity index (χ1n) is 7.31. The van der Waals surface area contributed by atoms with Crippen LogP contribution in [0.4, 0.5) is 0 Å². The summed E-state index contributed by atoms with van der Waals surface area (Å²) < 4.78 is 25.5. The Labute approximate surface area is 121 Å². The first kappa shape index (κ1) is 15.5. The zero-order valence-electron chi connectivity index (χ0n) is 12.5. The van der Waals surface area contributed by atoms with E-state index in [0.717, 1.165) is 37.2 Å². The summed E-state index contributed by atoms with van der Waals surface area (Å²) in [6.07, 6.45) is 4.73. The molecule has 2 rings (SSSR count). The highest BCUT2D eigenvalue weighted by atomic mass is 32.2. The molecule has 1 aliphatic carbocycles. The van der Waals surface area contributed by atoms with Crippen molar-refractivity contribution in [2.75, 3.05) is 6.26 Å². The summed E-state index contributed by atoms with van der Waals surface area (Å²) in [5.74, 6) is 0.227. The molecule has 0 amide bonds. The Hall–Kier alpha value is -0.880. The van der Waals surface area contributed by atoms with E-state index in [9.17, 15) is 8.42 Å². The lowest BCUT2D eigenvalue weighted by Gasteiger charge is -2.32. The molecule has 1 saturated carbocycles. The van der Waals surface area contributed by atoms with Crippen molar-refractivity contribution in [3.63, 3.8) is 0 Å². The molecule has 3 atom stereocenters. The van der Waals surface area contributed by atoms with Crippen LogP contribution in [-0.2, 0) is 16.4 Å². The fourth-order valence-electron chi connectivity index (χ4n) is 3.22. The van der Waals surface area contributed by atoms with E-state index in [1.54, 1.807) is 0 Å². The number of aryl methyl sites for hydroxylation is 2. The maximum absolute atomic E-state index is 11.8. The second-order valence-electron chi connectivity index (χ2n) is 5.93. The van der Waals surface area contributed by atoms with Crippen LogP contribution in [0.25, 0.3) is 0 Å². The third kappa shape index (κ3) is 3.23. The molecule has 5 nitrogen and oxygen atoms in total. The van der Waals surface area contributed by atoms with Gasteiger partial charge in [-0.05, 0) is 45.1 Å². The normalized spacial score (nSPS) is 25.6. The molecule has 3 unspecified atom stereocenters. The van der Waals surface area contributed by atoms with Gasteiger partial charge in [-0.1, -0.05) is 6.42 Å². The molecule has 1 aromatic heterocycles. The molecule has 0 saturated heterocycles. The van der Waals surface area contributed by atoms with Crippen LogP contribution in [-0.4, -0.2) is 29.7 Å². The van der Waals surface area contributed by atoms with Crippen LogP contribution in [0.3, 0.4) is 0 Å². The molecule has 1 aromatic rings. The molecule has 6 heteroatoms. The fraction of sp³-hybridized carbons (Fsp3) is 0.786. The van der Waals surface area contributed by atoms with Crippen molar-refractivity contribution >= 4 is 9.84 Å². The third-order valence-corrected chi connectivity index (χ3v) is 5.99. The van der Waals surface area contributed by atoms with Gasteiger partial charge in [-0.25, -0.2) is 8.42 Å². The summed E-state index contributed by atoms with van der Waals surface area (Å²) in [4.78, 5) is 0. The van der Waals surface area contributed by atoms with E-state index in [-0.39, 0.29) is 17.2 Å². The lowest BCUT2D eigenvalue weighted by molar-refractivity contribution is 0.299. The first-order chi connectivity index (χ1) is 9.32. The monoisotopic (exact) mass is 299 g/mol. The van der Waals surface area contributed by atoms with Gasteiger partial charge in [0.1, 0.15) is 9.84 Å². The van der Waals surface area contributed by atoms with Crippen LogP contribution >= 0.6 is 0 Å². The number of hydrogen-bond acceptors (Lipinski definition) is 4. The van der Waals surface area contributed by atoms with Crippen molar-refractivity contribution in [3.8, 4) is 0 Å². The Balaban J connectivity index is 2.18. The predicted octanol–water partition coefficient (Wildman–Crippen LogP) is 1.81. The average Bonchev–Trinajstić information content (AvgIpc) is 2.78. The summed E-state index contributed by atoms with van der Waals surface area (Å²) in [7, 11) is -2.96. The predicted molar refractivity (Wildman–Crippen MR) is 80.2 cm³/mol. The standard InChI is InChI=1S/C14H25N3O2S/c1-4-17-13(8-10(2)16-17)14(15)11-6-5-7-12(9-11)20(3,18)19/h8,11-12,14H,4-7,9,15H2,1-3H3. The minimum atomic E-state index is -2.96. The maximum Gasteiger partial charge on any atom is 0.150 e. The molecule has 114 valence electrons. The Morgan fingerprint density at radius 3 is 2.80 bits per heavy atom. The van der Waals surface area contributed by atoms with E-state index in [2.05, 4.69) is 5.10 Å². The number of hydrogen-bond donors (Lipinski definition) is 1. The zero-order valence-corrected chi connectivity index (χ0v) is 13.4. The second-order valence-corrected chi connectivity index (χ2v) is 8.26. The number of nitrogens with zero attached hydrogens (tertiary/aromatic N) is 2. The lowest BCUT2D eigenvalue weighted by Crippen LogP contribution is -2.33. The van der Waals surface area contributed by atoms with Gasteiger partial charge < -0.3 is 5.73 Å². The lowest BCUT2D eigenvalue weighted by atomic mass is 9.82. The molecule has 0 aromatic carbocycles. The van der Waals surface area contributed by atoms with Gasteiger partial charge in [-0.15, -0.1) is 0 Å². The summed E-state index contributed by atoms with van der Waals surface area (Å²) in [6.45, 7) is 4.80. The van der Waals surface area contributed by atoms with Crippen molar-refractivity contribution in [2.24, 2.45) is 11.7 Å². The Bertz CT molecular complexity index is 565. The van der Waals surface area contributed by atoms with Crippen molar-refractivity contribution < 1.29 is 8.42 Å². The Morgan fingerprint density at radius 1 is 1.50 bits per heavy atom. The Kier molecular flexibility index (Phi) is 4.54. The molecule has 0 spiro atoms. The van der Waals surface area contributed by atoms with Crippen LogP contribution in [0.1, 0.15) is 50.0 Å². The van der Waals surface area contributed by atoms with Crippen LogP contribution in [0, 0.1) is 12.8 Å². The van der Waals surface area contributed by atoms with Crippen molar-refractivity contribution in [3.05, 3.63) is 17.5 Å². The highest BCUT2D eigenvalue weighted by Gasteiger charge is 2.33. The van der Waals surface area contributed by atoms with Crippen LogP contribution < -0.4 is 5.73 Å². The molecule has 2 N–H and O–H groups in total. The van der Waals surface area contributed by atoms with E-state index in [1.165, 1.54) is 6.26 Å². The van der Waals surface area contributed by atoms with Crippen LogP contribution in [0.2, 0.25) is 0 Å². The van der Waals surface area contributed by atoms with Crippen molar-refractivity contribution in [2.45, 2.75) is 57.4 Å². The van der Waals surface area contributed by atoms with E-state index in [0.29, 0.717) is 6.42 Å². The third-order valence-electron chi connectivity index (χ3n) is 4.35. The molecule has 1 fully saturated rings. The quantitative estimate of drug-likeness (QED) is 0.920. The van der Waals surface area contributed by atoms with E-state index in [1.807, 2.05) is 24.6 Å². The topological polar surface area (TPSA) is 78.0 Å². The molecule has 0 aliphatic heterocycles. The SMILES string of the molecule is CCn1nc(C)cc1C(N)C1CCCC(S(C)(=O)=O)C1. The minimum Gasteiger partial charge on any atom is -0.322 e. The number of nitrogens with two attached hydrogens (primary N) is 1. The minimum absolute atomic E-state index is 0.124. The van der Waals surface area contributed by atoms with E-state index < -0.39 is 9.84 Å². The van der Waals surface area contributed by atoms with Gasteiger partial charge in [0.2, 0.25) is 0 Å². The second kappa shape index (κ2) is 5.85. The molecule has 0 bridgehead atoms. The van der Waals surface area contributed by atoms with E-state index in [4.69, 9.17) is 5.73 Å². The van der Waals surface area contributed by atoms with Gasteiger partial charge in [0.05, 0.1) is 16.6 Å². The zero-order chi connectivity index (χ0) is 14.9. The van der Waals surface area contributed by atoms with Gasteiger partial charge in [0.25, 0.3) is 0 Å². The largest absolute Gasteiger partial charge is 0.322 e. The van der Waals surface area contributed by atoms with Crippen molar-refractivity contribution in [1.82, 2.24) is 9.78 Å². The number of sulfone groups is 1. The average molecular weight is 299 g/mol. The molecule has 20 heavy (non-hydrogen) atoms. The van der Waals surface area contributed by atoms with Gasteiger partial charge in [-0.2, -0.15) is 5.10 Å². The highest BCUT2D eigenvalue weighted by molar-refractivity contribution is 7.91. The number of aromatic nitrogens is 2. The summed E-state index contributed by atoms with van der Waals surface area (Å²) in [6, 6.07) is 1.90. The molecular formula is C14H25N3O2S.